The normalized spacial score (nSPS) is 18.4. The van der Waals surface area contributed by atoms with Gasteiger partial charge in [0, 0.05) is 37.3 Å². The van der Waals surface area contributed by atoms with Gasteiger partial charge in [0.15, 0.2) is 5.78 Å². The lowest BCUT2D eigenvalue weighted by Crippen LogP contribution is -3.10. The highest BCUT2D eigenvalue weighted by Crippen LogP contribution is 2.19. The minimum Gasteiger partial charge on any atom is -0.337 e. The zero-order chi connectivity index (χ0) is 21.6. The van der Waals surface area contributed by atoms with E-state index in [1.807, 2.05) is 0 Å². The van der Waals surface area contributed by atoms with Crippen LogP contribution in [0.4, 0.5) is 19.0 Å². The Hall–Kier alpha value is -2.45. The Kier molecular flexibility index (Phi) is 8.16. The second-order valence-electron chi connectivity index (χ2n) is 6.70. The van der Waals surface area contributed by atoms with E-state index in [4.69, 9.17) is 0 Å². The molecule has 0 saturated carbocycles. The number of Topliss-reactive ketones (excluding diaryl/α,β-unsaturated/α-hetero) is 1. The van der Waals surface area contributed by atoms with E-state index in [0.717, 1.165) is 25.9 Å². The number of halogens is 4. The quantitative estimate of drug-likeness (QED) is 0.581. The third kappa shape index (κ3) is 5.77. The molecule has 1 amide bonds. The van der Waals surface area contributed by atoms with Crippen molar-refractivity contribution >= 4 is 29.1 Å². The molecule has 29 heavy (non-hydrogen) atoms. The predicted octanol–water partition coefficient (Wildman–Crippen LogP) is 2.71. The van der Waals surface area contributed by atoms with Gasteiger partial charge in [-0.15, -0.1) is 11.6 Å². The van der Waals surface area contributed by atoms with Crippen molar-refractivity contribution in [2.75, 3.05) is 31.8 Å². The second-order valence-corrected chi connectivity index (χ2v) is 6.70. The van der Waals surface area contributed by atoms with Crippen molar-refractivity contribution in [3.63, 3.8) is 0 Å². The number of piperidine rings is 1. The highest BCUT2D eigenvalue weighted by Gasteiger charge is 2.27. The summed E-state index contributed by atoms with van der Waals surface area (Å²) in [5.41, 5.74) is -0.717. The summed E-state index contributed by atoms with van der Waals surface area (Å²) in [5.74, 6) is -5.10. The Bertz CT molecular complexity index is 864. The Balaban J connectivity index is 0.00000145. The van der Waals surface area contributed by atoms with Crippen LogP contribution in [0.3, 0.4) is 0 Å². The maximum Gasteiger partial charge on any atom is 0.262 e. The molecule has 0 spiro atoms. The molecule has 1 aliphatic heterocycles. The molecule has 2 N–H and O–H groups in total. The van der Waals surface area contributed by atoms with Crippen LogP contribution >= 0.6 is 11.6 Å². The van der Waals surface area contributed by atoms with Crippen LogP contribution in [-0.2, 0) is 0 Å². The number of hydrogen-bond acceptors (Lipinski definition) is 3. The Morgan fingerprint density at radius 1 is 1.10 bits per heavy atom. The minimum absolute atomic E-state index is 0.00692. The summed E-state index contributed by atoms with van der Waals surface area (Å²) < 4.78 is 40.4. The number of amides is 1. The Morgan fingerprint density at radius 3 is 2.28 bits per heavy atom. The van der Waals surface area contributed by atoms with Crippen molar-refractivity contribution in [3.05, 3.63) is 59.0 Å². The molecule has 156 valence electrons. The third-order valence-corrected chi connectivity index (χ3v) is 4.69. The van der Waals surface area contributed by atoms with Crippen LogP contribution in [0.2, 0.25) is 0 Å². The predicted molar refractivity (Wildman–Crippen MR) is 104 cm³/mol. The van der Waals surface area contributed by atoms with Crippen LogP contribution < -0.4 is 10.2 Å². The van der Waals surface area contributed by atoms with Crippen molar-refractivity contribution in [1.82, 2.24) is 4.98 Å². The lowest BCUT2D eigenvalue weighted by atomic mass is 9.91. The number of nitrogens with zero attached hydrogens (tertiary/aromatic N) is 1. The van der Waals surface area contributed by atoms with Crippen LogP contribution in [0.15, 0.2) is 30.3 Å². The molecular weight excluding hydrogens is 407 g/mol. The van der Waals surface area contributed by atoms with Crippen LogP contribution in [0.5, 0.6) is 0 Å². The first-order valence-electron chi connectivity index (χ1n) is 9.01. The molecule has 0 aliphatic carbocycles. The third-order valence-electron chi connectivity index (χ3n) is 4.69. The summed E-state index contributed by atoms with van der Waals surface area (Å²) in [6.45, 7) is 1.80. The standard InChI is InChI=1S/C19H18F3N3O2.CH3Cl/c1-25-7-5-11(6-8-25)18(26)15-3-2-4-16(23-15)24-19(27)17-13(21)9-12(20)10-14(17)22;1-2/h2-4,9-11H,5-8H2,1H3,(H,23,24,27);1H3/p+1. The van der Waals surface area contributed by atoms with Gasteiger partial charge in [0.05, 0.1) is 20.1 Å². The number of alkyl halides is 1. The van der Waals surface area contributed by atoms with Gasteiger partial charge in [0.1, 0.15) is 34.5 Å². The van der Waals surface area contributed by atoms with E-state index < -0.39 is 28.9 Å². The molecule has 9 heteroatoms. The average molecular weight is 429 g/mol. The van der Waals surface area contributed by atoms with Crippen LogP contribution in [-0.4, -0.2) is 43.2 Å². The molecule has 1 aromatic heterocycles. The highest BCUT2D eigenvalue weighted by atomic mass is 35.5. The summed E-state index contributed by atoms with van der Waals surface area (Å²) in [7, 11) is 2.07. The first-order valence-corrected chi connectivity index (χ1v) is 9.77. The van der Waals surface area contributed by atoms with Gasteiger partial charge in [0.2, 0.25) is 0 Å². The molecule has 5 nitrogen and oxygen atoms in total. The SMILES string of the molecule is CCl.C[NH+]1CCC(C(=O)c2cccc(NC(=O)c3c(F)cc(F)cc3F)n2)CC1. The largest absolute Gasteiger partial charge is 0.337 e. The maximum absolute atomic E-state index is 13.7. The van der Waals surface area contributed by atoms with Gasteiger partial charge in [-0.05, 0) is 12.1 Å². The van der Waals surface area contributed by atoms with E-state index in [1.165, 1.54) is 23.4 Å². The molecule has 1 aliphatic rings. The molecule has 0 unspecified atom stereocenters. The Labute approximate surface area is 171 Å². The summed E-state index contributed by atoms with van der Waals surface area (Å²) in [5, 5.41) is 2.26. The van der Waals surface area contributed by atoms with Crippen LogP contribution in [0.1, 0.15) is 33.7 Å². The number of hydrogen-bond donors (Lipinski definition) is 2. The molecule has 0 atom stereocenters. The summed E-state index contributed by atoms with van der Waals surface area (Å²) in [4.78, 5) is 30.2. The summed E-state index contributed by atoms with van der Waals surface area (Å²) in [6.07, 6.45) is 2.99. The van der Waals surface area contributed by atoms with Gasteiger partial charge >= 0.3 is 0 Å². The van der Waals surface area contributed by atoms with E-state index in [1.54, 1.807) is 6.07 Å². The topological polar surface area (TPSA) is 63.5 Å². The van der Waals surface area contributed by atoms with E-state index in [2.05, 4.69) is 28.9 Å². The monoisotopic (exact) mass is 428 g/mol. The van der Waals surface area contributed by atoms with Gasteiger partial charge in [-0.1, -0.05) is 6.07 Å². The lowest BCUT2D eigenvalue weighted by Gasteiger charge is -2.25. The van der Waals surface area contributed by atoms with E-state index in [9.17, 15) is 22.8 Å². The number of quaternary nitrogens is 1. The van der Waals surface area contributed by atoms with Crippen LogP contribution in [0.25, 0.3) is 0 Å². The molecule has 1 saturated heterocycles. The minimum atomic E-state index is -1.31. The van der Waals surface area contributed by atoms with E-state index in [0.29, 0.717) is 12.1 Å². The Morgan fingerprint density at radius 2 is 1.69 bits per heavy atom. The van der Waals surface area contributed by atoms with Crippen molar-refractivity contribution in [1.29, 1.82) is 0 Å². The van der Waals surface area contributed by atoms with Gasteiger partial charge in [-0.25, -0.2) is 18.2 Å². The van der Waals surface area contributed by atoms with Crippen LogP contribution in [0, 0.1) is 23.4 Å². The zero-order valence-corrected chi connectivity index (χ0v) is 16.8. The van der Waals surface area contributed by atoms with Crippen molar-refractivity contribution in [2.24, 2.45) is 5.92 Å². The number of nitrogens with one attached hydrogen (secondary N) is 2. The highest BCUT2D eigenvalue weighted by molar-refractivity contribution is 6.15. The number of carbonyl (C=O) groups excluding carboxylic acids is 2. The first-order chi connectivity index (χ1) is 13.8. The number of anilines is 1. The molecule has 1 fully saturated rings. The fraction of sp³-hybridized carbons (Fsp3) is 0.350. The van der Waals surface area contributed by atoms with Gasteiger partial charge in [0.25, 0.3) is 5.91 Å². The number of carbonyl (C=O) groups is 2. The lowest BCUT2D eigenvalue weighted by molar-refractivity contribution is -0.885. The number of rotatable bonds is 4. The fourth-order valence-corrected chi connectivity index (χ4v) is 3.16. The molecule has 2 heterocycles. The first kappa shape index (κ1) is 22.8. The molecular formula is C20H22ClF3N3O2+. The summed E-state index contributed by atoms with van der Waals surface area (Å²) in [6, 6.07) is 5.34. The van der Waals surface area contributed by atoms with Crippen molar-refractivity contribution in [3.8, 4) is 0 Å². The number of likely N-dealkylation sites (tertiary alicyclic amines) is 1. The van der Waals surface area contributed by atoms with Crippen molar-refractivity contribution in [2.45, 2.75) is 12.8 Å². The smallest absolute Gasteiger partial charge is 0.262 e. The maximum atomic E-state index is 13.7. The molecule has 3 rings (SSSR count). The summed E-state index contributed by atoms with van der Waals surface area (Å²) >= 11 is 4.64. The zero-order valence-electron chi connectivity index (χ0n) is 16.1. The van der Waals surface area contributed by atoms with E-state index >= 15 is 0 Å². The molecule has 1 aromatic carbocycles. The second kappa shape index (κ2) is 10.4. The number of benzene rings is 1. The van der Waals surface area contributed by atoms with Crippen molar-refractivity contribution < 1.29 is 27.7 Å². The average Bonchev–Trinajstić information content (AvgIpc) is 2.69. The van der Waals surface area contributed by atoms with Gasteiger partial charge < -0.3 is 10.2 Å². The molecule has 2 aromatic rings. The van der Waals surface area contributed by atoms with Gasteiger partial charge in [-0.2, -0.15) is 0 Å². The number of aromatic nitrogens is 1. The fourth-order valence-electron chi connectivity index (χ4n) is 3.16. The number of ketones is 1. The molecule has 0 bridgehead atoms. The van der Waals surface area contributed by atoms with Gasteiger partial charge in [-0.3, -0.25) is 9.59 Å². The number of pyridine rings is 1. The molecule has 0 radical (unpaired) electrons. The van der Waals surface area contributed by atoms with E-state index in [-0.39, 0.29) is 23.2 Å².